The summed E-state index contributed by atoms with van der Waals surface area (Å²) in [5, 5.41) is 17.0. The SMILES string of the molecule is COc1ccc(F)cc1[C@@H]1N=CC=CN1c1ccn2ncc(NC(=O)N3CCC[C@H](O)C3)c2n1. The van der Waals surface area contributed by atoms with Crippen molar-refractivity contribution >= 4 is 29.4 Å². The zero-order valence-corrected chi connectivity index (χ0v) is 18.5. The van der Waals surface area contributed by atoms with Crippen LogP contribution in [0.1, 0.15) is 24.6 Å². The van der Waals surface area contributed by atoms with Crippen molar-refractivity contribution in [3.8, 4) is 5.75 Å². The van der Waals surface area contributed by atoms with Crippen LogP contribution in [0.4, 0.5) is 20.7 Å². The molecule has 34 heavy (non-hydrogen) atoms. The van der Waals surface area contributed by atoms with Gasteiger partial charge in [-0.1, -0.05) is 0 Å². The van der Waals surface area contributed by atoms with Crippen molar-refractivity contribution < 1.29 is 19.0 Å². The van der Waals surface area contributed by atoms with Gasteiger partial charge in [-0.15, -0.1) is 0 Å². The number of allylic oxidation sites excluding steroid dienone is 1. The molecule has 176 valence electrons. The first-order valence-corrected chi connectivity index (χ1v) is 10.9. The number of hydrogen-bond donors (Lipinski definition) is 2. The van der Waals surface area contributed by atoms with Gasteiger partial charge in [0.1, 0.15) is 23.1 Å². The molecule has 0 aliphatic carbocycles. The molecular weight excluding hydrogens is 441 g/mol. The maximum atomic E-state index is 14.1. The monoisotopic (exact) mass is 465 g/mol. The summed E-state index contributed by atoms with van der Waals surface area (Å²) in [4.78, 5) is 25.3. The van der Waals surface area contributed by atoms with Crippen molar-refractivity contribution in [3.63, 3.8) is 0 Å². The Bertz CT molecular complexity index is 1270. The number of methoxy groups -OCH3 is 1. The average molecular weight is 465 g/mol. The van der Waals surface area contributed by atoms with E-state index in [1.54, 1.807) is 51.1 Å². The zero-order valence-electron chi connectivity index (χ0n) is 18.5. The molecule has 0 unspecified atom stereocenters. The van der Waals surface area contributed by atoms with Crippen LogP contribution < -0.4 is 15.0 Å². The smallest absolute Gasteiger partial charge is 0.322 e. The minimum absolute atomic E-state index is 0.289. The molecule has 4 heterocycles. The van der Waals surface area contributed by atoms with Gasteiger partial charge in [0.05, 0.1) is 19.4 Å². The van der Waals surface area contributed by atoms with Gasteiger partial charge < -0.3 is 25.0 Å². The van der Waals surface area contributed by atoms with Crippen molar-refractivity contribution in [1.82, 2.24) is 19.5 Å². The van der Waals surface area contributed by atoms with Crippen LogP contribution in [0.25, 0.3) is 5.65 Å². The summed E-state index contributed by atoms with van der Waals surface area (Å²) in [6.07, 6.45) is 8.78. The molecule has 0 bridgehead atoms. The standard InChI is InChI=1S/C23H24FN7O3/c1-34-19-6-5-15(24)12-17(19)21-25-8-3-10-30(21)20-7-11-31-22(28-20)18(13-26-31)27-23(33)29-9-2-4-16(32)14-29/h3,5-8,10-13,16,21,32H,2,4,9,14H2,1H3,(H,27,33)/t16-,21+/m0/s1. The van der Waals surface area contributed by atoms with E-state index in [1.807, 2.05) is 0 Å². The Kier molecular flexibility index (Phi) is 5.84. The van der Waals surface area contributed by atoms with Crippen molar-refractivity contribution in [2.75, 3.05) is 30.4 Å². The van der Waals surface area contributed by atoms with Gasteiger partial charge in [-0.2, -0.15) is 5.10 Å². The second-order valence-electron chi connectivity index (χ2n) is 8.09. The zero-order chi connectivity index (χ0) is 23.7. The molecule has 0 saturated carbocycles. The van der Waals surface area contributed by atoms with E-state index in [1.165, 1.54) is 25.4 Å². The highest BCUT2D eigenvalue weighted by Crippen LogP contribution is 2.35. The number of aliphatic imine (C=N–C) groups is 1. The minimum atomic E-state index is -0.596. The highest BCUT2D eigenvalue weighted by atomic mass is 19.1. The van der Waals surface area contributed by atoms with Gasteiger partial charge in [-0.25, -0.2) is 18.7 Å². The molecule has 2 N–H and O–H groups in total. The summed E-state index contributed by atoms with van der Waals surface area (Å²) in [7, 11) is 1.52. The summed E-state index contributed by atoms with van der Waals surface area (Å²) in [5.74, 6) is 0.639. The number of halogens is 1. The van der Waals surface area contributed by atoms with E-state index >= 15 is 0 Å². The molecule has 2 aliphatic heterocycles. The summed E-state index contributed by atoms with van der Waals surface area (Å²) >= 11 is 0. The fourth-order valence-corrected chi connectivity index (χ4v) is 4.18. The number of urea groups is 1. The highest BCUT2D eigenvalue weighted by molar-refractivity contribution is 5.93. The number of aliphatic hydroxyl groups excluding tert-OH is 1. The number of amides is 2. The summed E-state index contributed by atoms with van der Waals surface area (Å²) in [6, 6.07) is 5.74. The number of aromatic nitrogens is 3. The predicted molar refractivity (Wildman–Crippen MR) is 125 cm³/mol. The molecule has 2 amide bonds. The second kappa shape index (κ2) is 9.10. The van der Waals surface area contributed by atoms with Crippen LogP contribution in [0.3, 0.4) is 0 Å². The Morgan fingerprint density at radius 2 is 2.21 bits per heavy atom. The first-order valence-electron chi connectivity index (χ1n) is 10.9. The van der Waals surface area contributed by atoms with Crippen LogP contribution in [0.5, 0.6) is 5.75 Å². The molecule has 11 heteroatoms. The number of hydrogen-bond acceptors (Lipinski definition) is 7. The minimum Gasteiger partial charge on any atom is -0.496 e. The van der Waals surface area contributed by atoms with Crippen molar-refractivity contribution in [1.29, 1.82) is 0 Å². The molecule has 0 spiro atoms. The molecule has 1 aromatic carbocycles. The third-order valence-electron chi connectivity index (χ3n) is 5.84. The maximum absolute atomic E-state index is 14.1. The molecule has 2 aliphatic rings. The average Bonchev–Trinajstić information content (AvgIpc) is 3.26. The van der Waals surface area contributed by atoms with Gasteiger partial charge in [0, 0.05) is 37.3 Å². The topological polar surface area (TPSA) is 108 Å². The first-order chi connectivity index (χ1) is 16.5. The maximum Gasteiger partial charge on any atom is 0.322 e. The van der Waals surface area contributed by atoms with E-state index in [0.29, 0.717) is 41.4 Å². The van der Waals surface area contributed by atoms with Crippen LogP contribution >= 0.6 is 0 Å². The van der Waals surface area contributed by atoms with Gasteiger partial charge in [-0.05, 0) is 43.2 Å². The number of β-amino-alcohol motifs (C(OH)–C–C–N with tert-alkyl or cyclic N) is 1. The van der Waals surface area contributed by atoms with Crippen LogP contribution in [-0.2, 0) is 0 Å². The lowest BCUT2D eigenvalue weighted by molar-refractivity contribution is 0.0883. The summed E-state index contributed by atoms with van der Waals surface area (Å²) in [6.45, 7) is 0.867. The van der Waals surface area contributed by atoms with Gasteiger partial charge in [0.15, 0.2) is 11.8 Å². The highest BCUT2D eigenvalue weighted by Gasteiger charge is 2.26. The number of fused-ring (bicyclic) bond motifs is 1. The number of anilines is 2. The van der Waals surface area contributed by atoms with Crippen molar-refractivity contribution in [3.05, 3.63) is 60.3 Å². The number of likely N-dealkylation sites (tertiary alicyclic amines) is 1. The Morgan fingerprint density at radius 1 is 1.32 bits per heavy atom. The van der Waals surface area contributed by atoms with Gasteiger partial charge in [0.25, 0.3) is 0 Å². The number of carbonyl (C=O) groups excluding carboxylic acids is 1. The number of piperidine rings is 1. The normalized spacial score (nSPS) is 20.1. The molecule has 2 aromatic heterocycles. The van der Waals surface area contributed by atoms with Gasteiger partial charge in [0.2, 0.25) is 0 Å². The Hall–Kier alpha value is -3.99. The van der Waals surface area contributed by atoms with Gasteiger partial charge in [-0.3, -0.25) is 4.99 Å². The lowest BCUT2D eigenvalue weighted by Gasteiger charge is -2.30. The van der Waals surface area contributed by atoms with Crippen LogP contribution in [0.2, 0.25) is 0 Å². The first kappa shape index (κ1) is 21.8. The number of carbonyl (C=O) groups is 1. The lowest BCUT2D eigenvalue weighted by Crippen LogP contribution is -2.44. The number of benzene rings is 1. The molecule has 3 aromatic rings. The fourth-order valence-electron chi connectivity index (χ4n) is 4.18. The molecule has 1 saturated heterocycles. The van der Waals surface area contributed by atoms with E-state index in [0.717, 1.165) is 6.42 Å². The third kappa shape index (κ3) is 4.17. The van der Waals surface area contributed by atoms with Crippen molar-refractivity contribution in [2.24, 2.45) is 4.99 Å². The number of rotatable bonds is 4. The fraction of sp³-hybridized carbons (Fsp3) is 0.304. The molecule has 5 rings (SSSR count). The Morgan fingerprint density at radius 3 is 3.03 bits per heavy atom. The van der Waals surface area contributed by atoms with Crippen molar-refractivity contribution in [2.45, 2.75) is 25.1 Å². The number of nitrogens with one attached hydrogen (secondary N) is 1. The predicted octanol–water partition coefficient (Wildman–Crippen LogP) is 2.97. The quantitative estimate of drug-likeness (QED) is 0.614. The number of ether oxygens (including phenoxy) is 1. The molecular formula is C23H24FN7O3. The third-order valence-corrected chi connectivity index (χ3v) is 5.84. The molecule has 10 nitrogen and oxygen atoms in total. The molecule has 1 fully saturated rings. The van der Waals surface area contributed by atoms with E-state index in [4.69, 9.17) is 9.72 Å². The van der Waals surface area contributed by atoms with Crippen LogP contribution in [-0.4, -0.2) is 63.2 Å². The van der Waals surface area contributed by atoms with E-state index < -0.39 is 18.1 Å². The van der Waals surface area contributed by atoms with E-state index in [9.17, 15) is 14.3 Å². The number of nitrogens with zero attached hydrogens (tertiary/aromatic N) is 6. The Balaban J connectivity index is 1.46. The van der Waals surface area contributed by atoms with Gasteiger partial charge >= 0.3 is 6.03 Å². The molecule has 0 radical (unpaired) electrons. The number of aliphatic hydroxyl groups is 1. The molecule has 2 atom stereocenters. The van der Waals surface area contributed by atoms with Crippen LogP contribution in [0.15, 0.2) is 53.9 Å². The Labute approximate surface area is 195 Å². The lowest BCUT2D eigenvalue weighted by atomic mass is 10.1. The second-order valence-corrected chi connectivity index (χ2v) is 8.09. The summed E-state index contributed by atoms with van der Waals surface area (Å²) < 4.78 is 21.0. The van der Waals surface area contributed by atoms with Crippen LogP contribution in [0, 0.1) is 5.82 Å². The van der Waals surface area contributed by atoms with E-state index in [2.05, 4.69) is 15.4 Å². The van der Waals surface area contributed by atoms with E-state index in [-0.39, 0.29) is 12.6 Å². The largest absolute Gasteiger partial charge is 0.496 e. The summed E-state index contributed by atoms with van der Waals surface area (Å²) in [5.41, 5.74) is 1.43.